The number of hydrogen-bond acceptors (Lipinski definition) is 1. The van der Waals surface area contributed by atoms with Gasteiger partial charge in [-0.25, -0.2) is 0 Å². The van der Waals surface area contributed by atoms with Gasteiger partial charge < -0.3 is 18.4 Å². The third-order valence-corrected chi connectivity index (χ3v) is 12.2. The number of hydrogen-bond donors (Lipinski definition) is 0. The van der Waals surface area contributed by atoms with Gasteiger partial charge in [0.25, 0.3) is 0 Å². The summed E-state index contributed by atoms with van der Waals surface area (Å²) in [5.74, 6) is 1.75. The Labute approximate surface area is 333 Å². The Hall–Kier alpha value is -7.82. The van der Waals surface area contributed by atoms with Crippen molar-refractivity contribution in [2.45, 2.75) is 0 Å². The summed E-state index contributed by atoms with van der Waals surface area (Å²) in [7, 11) is 0. The van der Waals surface area contributed by atoms with Gasteiger partial charge in [-0.2, -0.15) is 0 Å². The molecule has 4 heteroatoms. The highest BCUT2D eigenvalue weighted by Gasteiger charge is 2.24. The summed E-state index contributed by atoms with van der Waals surface area (Å²) in [4.78, 5) is 0. The van der Waals surface area contributed by atoms with Crippen molar-refractivity contribution in [1.29, 1.82) is 0 Å². The third kappa shape index (κ3) is 4.40. The first-order valence-electron chi connectivity index (χ1n) is 19.8. The predicted molar refractivity (Wildman–Crippen MR) is 240 cm³/mol. The van der Waals surface area contributed by atoms with Crippen LogP contribution < -0.4 is 4.74 Å². The minimum absolute atomic E-state index is 0.863. The zero-order valence-electron chi connectivity index (χ0n) is 31.3. The molecule has 0 unspecified atom stereocenters. The van der Waals surface area contributed by atoms with Crippen LogP contribution in [-0.2, 0) is 0 Å². The lowest BCUT2D eigenvalue weighted by molar-refractivity contribution is 0.476. The van der Waals surface area contributed by atoms with Crippen LogP contribution in [0.5, 0.6) is 11.5 Å². The summed E-state index contributed by atoms with van der Waals surface area (Å²) >= 11 is 0. The van der Waals surface area contributed by atoms with Crippen LogP contribution in [-0.4, -0.2) is 13.7 Å². The lowest BCUT2D eigenvalue weighted by Crippen LogP contribution is -2.04. The van der Waals surface area contributed by atoms with Crippen molar-refractivity contribution in [3.8, 4) is 50.8 Å². The van der Waals surface area contributed by atoms with Crippen molar-refractivity contribution >= 4 is 65.4 Å². The molecule has 0 spiro atoms. The average Bonchev–Trinajstić information content (AvgIpc) is 3.93. The van der Waals surface area contributed by atoms with E-state index >= 15 is 0 Å². The van der Waals surface area contributed by atoms with Gasteiger partial charge in [0.2, 0.25) is 0 Å². The molecular weight excluding hydrogens is 707 g/mol. The Morgan fingerprint density at radius 2 is 0.776 bits per heavy atom. The maximum atomic E-state index is 6.50. The van der Waals surface area contributed by atoms with E-state index in [1.54, 1.807) is 0 Å². The van der Waals surface area contributed by atoms with Crippen LogP contribution in [0.3, 0.4) is 0 Å². The Bertz CT molecular complexity index is 3590. The summed E-state index contributed by atoms with van der Waals surface area (Å²) in [6, 6.07) is 72.5. The van der Waals surface area contributed by atoms with Crippen LogP contribution in [0.1, 0.15) is 0 Å². The van der Waals surface area contributed by atoms with Crippen LogP contribution in [0.2, 0.25) is 0 Å². The second-order valence-corrected chi connectivity index (χ2v) is 15.3. The van der Waals surface area contributed by atoms with Crippen molar-refractivity contribution in [3.63, 3.8) is 0 Å². The van der Waals surface area contributed by atoms with Gasteiger partial charge in [-0.15, -0.1) is 0 Å². The van der Waals surface area contributed by atoms with Crippen molar-refractivity contribution in [1.82, 2.24) is 13.7 Å². The molecule has 3 aromatic heterocycles. The van der Waals surface area contributed by atoms with Gasteiger partial charge in [0, 0.05) is 43.7 Å². The van der Waals surface area contributed by atoms with E-state index in [4.69, 9.17) is 4.74 Å². The van der Waals surface area contributed by atoms with Gasteiger partial charge in [0.05, 0.1) is 38.8 Å². The molecule has 1 aliphatic heterocycles. The fraction of sp³-hybridized carbons (Fsp3) is 0. The minimum atomic E-state index is 0.863. The molecule has 4 nitrogen and oxygen atoms in total. The van der Waals surface area contributed by atoms with Crippen LogP contribution in [0.4, 0.5) is 0 Å². The third-order valence-electron chi connectivity index (χ3n) is 12.2. The van der Waals surface area contributed by atoms with Gasteiger partial charge in [0.15, 0.2) is 11.5 Å². The molecule has 0 saturated heterocycles. The summed E-state index contributed by atoms with van der Waals surface area (Å²) in [5.41, 5.74) is 15.1. The highest BCUT2D eigenvalue weighted by atomic mass is 16.5. The quantitative estimate of drug-likeness (QED) is 0.176. The Morgan fingerprint density at radius 3 is 1.52 bits per heavy atom. The van der Waals surface area contributed by atoms with Crippen molar-refractivity contribution in [2.75, 3.05) is 0 Å². The molecule has 0 saturated carbocycles. The van der Waals surface area contributed by atoms with E-state index in [2.05, 4.69) is 214 Å². The molecule has 0 radical (unpaired) electrons. The van der Waals surface area contributed by atoms with Crippen LogP contribution >= 0.6 is 0 Å². The van der Waals surface area contributed by atoms with E-state index in [1.807, 2.05) is 0 Å². The largest absolute Gasteiger partial charge is 0.453 e. The van der Waals surface area contributed by atoms with Gasteiger partial charge in [0.1, 0.15) is 0 Å². The molecule has 0 N–H and O–H groups in total. The number of rotatable bonds is 4. The molecule has 4 heterocycles. The lowest BCUT2D eigenvalue weighted by Gasteiger charge is -2.21. The second-order valence-electron chi connectivity index (χ2n) is 15.3. The zero-order chi connectivity index (χ0) is 37.9. The maximum Gasteiger partial charge on any atom is 0.152 e. The standard InChI is InChI=1S/C54H33N3O/c1-2-11-34(12-3-1)36-23-28-49-44(31-36)45-33-39(56-46-17-7-4-13-40(46)41-14-5-8-18-47(41)56)27-29-50(45)55(49)38-25-21-35(22-26-38)37-24-30-52-51(32-37)57-48-19-9-6-15-42(48)43-16-10-20-53(58-52)54(43)57/h1-33H. The van der Waals surface area contributed by atoms with E-state index in [0.29, 0.717) is 0 Å². The average molecular weight is 740 g/mol. The van der Waals surface area contributed by atoms with E-state index in [1.165, 1.54) is 71.0 Å². The van der Waals surface area contributed by atoms with Gasteiger partial charge in [-0.05, 0) is 101 Å². The SMILES string of the molecule is c1ccc(-c2ccc3c(c2)c2cc(-n4c5ccccc5c5ccccc54)ccc2n3-c2ccc(-c3ccc4c(c3)-n3c5ccccc5c5cccc(c53)O4)cc2)cc1. The zero-order valence-corrected chi connectivity index (χ0v) is 31.3. The first-order valence-corrected chi connectivity index (χ1v) is 19.8. The molecule has 9 aromatic carbocycles. The van der Waals surface area contributed by atoms with Crippen LogP contribution in [0, 0.1) is 0 Å². The van der Waals surface area contributed by atoms with Gasteiger partial charge in [-0.1, -0.05) is 121 Å². The van der Waals surface area contributed by atoms with Crippen LogP contribution in [0.15, 0.2) is 200 Å². The molecule has 58 heavy (non-hydrogen) atoms. The first-order chi connectivity index (χ1) is 28.8. The Morgan fingerprint density at radius 1 is 0.276 bits per heavy atom. The number of ether oxygens (including phenoxy) is 1. The highest BCUT2D eigenvalue weighted by Crippen LogP contribution is 2.46. The minimum Gasteiger partial charge on any atom is -0.453 e. The number of aromatic nitrogens is 3. The van der Waals surface area contributed by atoms with Gasteiger partial charge >= 0.3 is 0 Å². The van der Waals surface area contributed by atoms with E-state index in [-0.39, 0.29) is 0 Å². The molecule has 0 atom stereocenters. The molecule has 270 valence electrons. The highest BCUT2D eigenvalue weighted by molar-refractivity contribution is 6.14. The lowest BCUT2D eigenvalue weighted by atomic mass is 10.0. The molecule has 13 rings (SSSR count). The normalized spacial score (nSPS) is 12.3. The molecular formula is C54H33N3O. The molecule has 0 bridgehead atoms. The van der Waals surface area contributed by atoms with Crippen LogP contribution in [0.25, 0.3) is 105 Å². The molecule has 0 aliphatic carbocycles. The van der Waals surface area contributed by atoms with Crippen molar-refractivity contribution in [3.05, 3.63) is 200 Å². The Balaban J connectivity index is 0.972. The Kier molecular flexibility index (Phi) is 6.41. The van der Waals surface area contributed by atoms with Crippen molar-refractivity contribution < 1.29 is 4.74 Å². The van der Waals surface area contributed by atoms with E-state index < -0.39 is 0 Å². The second kappa shape index (κ2) is 11.8. The fourth-order valence-corrected chi connectivity index (χ4v) is 9.64. The monoisotopic (exact) mass is 739 g/mol. The molecule has 0 fully saturated rings. The molecule has 0 amide bonds. The topological polar surface area (TPSA) is 24.0 Å². The number of benzene rings is 9. The van der Waals surface area contributed by atoms with E-state index in [9.17, 15) is 0 Å². The fourth-order valence-electron chi connectivity index (χ4n) is 9.64. The summed E-state index contributed by atoms with van der Waals surface area (Å²) in [6.45, 7) is 0. The summed E-state index contributed by atoms with van der Waals surface area (Å²) in [5, 5.41) is 7.41. The van der Waals surface area contributed by atoms with Gasteiger partial charge in [-0.3, -0.25) is 0 Å². The first kappa shape index (κ1) is 31.4. The summed E-state index contributed by atoms with van der Waals surface area (Å²) in [6.07, 6.45) is 0. The number of nitrogens with zero attached hydrogens (tertiary/aromatic N) is 3. The molecule has 12 aromatic rings. The summed E-state index contributed by atoms with van der Waals surface area (Å²) < 4.78 is 13.7. The predicted octanol–water partition coefficient (Wildman–Crippen LogP) is 14.4. The smallest absolute Gasteiger partial charge is 0.152 e. The van der Waals surface area contributed by atoms with E-state index in [0.717, 1.165) is 45.2 Å². The maximum absolute atomic E-state index is 6.50. The number of para-hydroxylation sites is 4. The van der Waals surface area contributed by atoms with Crippen molar-refractivity contribution in [2.24, 2.45) is 0 Å². The molecule has 1 aliphatic rings. The number of fused-ring (bicyclic) bond motifs is 11.